The number of nitrogens with zero attached hydrogens (tertiary/aromatic N) is 2. The molecular weight excluding hydrogens is 268 g/mol. The summed E-state index contributed by atoms with van der Waals surface area (Å²) in [4.78, 5) is 10.7. The maximum Gasteiger partial charge on any atom is 0.155 e. The van der Waals surface area contributed by atoms with E-state index in [1.165, 1.54) is 22.7 Å². The lowest BCUT2D eigenvalue weighted by molar-refractivity contribution is 1.44. The summed E-state index contributed by atoms with van der Waals surface area (Å²) in [7, 11) is 0. The monoisotopic (exact) mass is 270 g/mol. The molecule has 0 N–H and O–H groups in total. The Hall–Kier alpha value is -0.620. The van der Waals surface area contributed by atoms with Crippen molar-refractivity contribution in [2.75, 3.05) is 0 Å². The lowest BCUT2D eigenvalue weighted by atomic mass is 10.3. The molecule has 6 heteroatoms. The minimum atomic E-state index is 0.676. The average Bonchev–Trinajstić information content (AvgIpc) is 2.53. The molecule has 0 unspecified atom stereocenters. The summed E-state index contributed by atoms with van der Waals surface area (Å²) >= 11 is 14.0. The third-order valence-electron chi connectivity index (χ3n) is 1.92. The largest absolute Gasteiger partial charge is 0.233 e. The van der Waals surface area contributed by atoms with Crippen LogP contribution in [0, 0.1) is 3.14 Å². The van der Waals surface area contributed by atoms with Crippen molar-refractivity contribution in [2.45, 2.75) is 0 Å². The van der Waals surface area contributed by atoms with Crippen molar-refractivity contribution in [1.29, 1.82) is 0 Å². The Morgan fingerprint density at radius 1 is 1.07 bits per heavy atom. The van der Waals surface area contributed by atoms with E-state index in [1.807, 2.05) is 18.2 Å². The van der Waals surface area contributed by atoms with E-state index in [0.717, 1.165) is 23.8 Å². The summed E-state index contributed by atoms with van der Waals surface area (Å²) in [6, 6.07) is 5.50. The number of halogens is 1. The Bertz CT molecular complexity index is 716. The maximum atomic E-state index is 5.89. The second kappa shape index (κ2) is 3.45. The van der Waals surface area contributed by atoms with E-state index in [-0.39, 0.29) is 0 Å². The molecule has 1 aromatic carbocycles. The molecule has 0 fully saturated rings. The lowest BCUT2D eigenvalue weighted by Gasteiger charge is -1.96. The molecule has 0 saturated carbocycles. The van der Waals surface area contributed by atoms with Crippen LogP contribution in [0.3, 0.4) is 0 Å². The molecule has 3 rings (SSSR count). The van der Waals surface area contributed by atoms with Gasteiger partial charge in [-0.25, -0.2) is 9.97 Å². The molecule has 0 aliphatic rings. The fourth-order valence-electron chi connectivity index (χ4n) is 1.31. The molecule has 2 heterocycles. The fraction of sp³-hybridized carbons (Fsp3) is 0. The van der Waals surface area contributed by atoms with E-state index in [2.05, 4.69) is 9.97 Å². The number of aromatic nitrogens is 2. The number of hydrogen-bond acceptors (Lipinski definition) is 5. The van der Waals surface area contributed by atoms with E-state index in [1.54, 1.807) is 0 Å². The smallest absolute Gasteiger partial charge is 0.155 e. The highest BCUT2D eigenvalue weighted by atomic mass is 35.5. The van der Waals surface area contributed by atoms with Crippen LogP contribution in [0.15, 0.2) is 18.2 Å². The number of fused-ring (bicyclic) bond motifs is 2. The first-order valence-electron chi connectivity index (χ1n) is 4.09. The Balaban J connectivity index is 2.51. The first-order valence-corrected chi connectivity index (χ1v) is 6.51. The van der Waals surface area contributed by atoms with Crippen LogP contribution >= 0.6 is 46.5 Å². The van der Waals surface area contributed by atoms with Crippen molar-refractivity contribution in [3.8, 4) is 0 Å². The quantitative estimate of drug-likeness (QED) is 0.570. The van der Waals surface area contributed by atoms with Gasteiger partial charge in [0.2, 0.25) is 0 Å². The van der Waals surface area contributed by atoms with Gasteiger partial charge in [-0.05, 0) is 18.2 Å². The molecule has 0 aliphatic heterocycles. The topological polar surface area (TPSA) is 25.8 Å². The third kappa shape index (κ3) is 1.65. The molecule has 0 bridgehead atoms. The first kappa shape index (κ1) is 9.59. The Labute approximate surface area is 103 Å². The highest BCUT2D eigenvalue weighted by Crippen LogP contribution is 2.27. The average molecular weight is 271 g/mol. The van der Waals surface area contributed by atoms with Crippen molar-refractivity contribution < 1.29 is 0 Å². The summed E-state index contributed by atoms with van der Waals surface area (Å²) in [6.45, 7) is 0. The lowest BCUT2D eigenvalue weighted by Crippen LogP contribution is -1.82. The van der Waals surface area contributed by atoms with E-state index < -0.39 is 0 Å². The SMILES string of the molecule is S=c1sc2nc3ccc(Cl)cc3nc2s1. The van der Waals surface area contributed by atoms with Gasteiger partial charge in [0, 0.05) is 5.02 Å². The predicted molar refractivity (Wildman–Crippen MR) is 68.6 cm³/mol. The summed E-state index contributed by atoms with van der Waals surface area (Å²) in [5, 5.41) is 0.676. The molecular formula is C9H3ClN2S3. The molecule has 15 heavy (non-hydrogen) atoms. The minimum Gasteiger partial charge on any atom is -0.233 e. The van der Waals surface area contributed by atoms with Crippen molar-refractivity contribution in [1.82, 2.24) is 9.97 Å². The molecule has 0 saturated heterocycles. The Morgan fingerprint density at radius 2 is 1.73 bits per heavy atom. The molecule has 0 amide bonds. The summed E-state index contributed by atoms with van der Waals surface area (Å²) in [5.74, 6) is 0. The van der Waals surface area contributed by atoms with Crippen LogP contribution in [0.4, 0.5) is 0 Å². The first-order chi connectivity index (χ1) is 7.22. The normalized spacial score (nSPS) is 11.3. The second-order valence-corrected chi connectivity index (χ2v) is 6.54. The van der Waals surface area contributed by atoms with Gasteiger partial charge in [-0.15, -0.1) is 0 Å². The zero-order valence-corrected chi connectivity index (χ0v) is 10.4. The van der Waals surface area contributed by atoms with Gasteiger partial charge in [0.25, 0.3) is 0 Å². The van der Waals surface area contributed by atoms with E-state index in [9.17, 15) is 0 Å². The fourth-order valence-corrected chi connectivity index (χ4v) is 3.71. The summed E-state index contributed by atoms with van der Waals surface area (Å²) in [5.41, 5.74) is 1.68. The second-order valence-electron chi connectivity index (χ2n) is 2.92. The van der Waals surface area contributed by atoms with Crippen LogP contribution in [0.5, 0.6) is 0 Å². The number of rotatable bonds is 0. The highest BCUT2D eigenvalue weighted by molar-refractivity contribution is 7.77. The van der Waals surface area contributed by atoms with Crippen LogP contribution in [0.25, 0.3) is 20.7 Å². The van der Waals surface area contributed by atoms with Gasteiger partial charge < -0.3 is 0 Å². The van der Waals surface area contributed by atoms with Gasteiger partial charge in [-0.1, -0.05) is 46.5 Å². The number of hydrogen-bond donors (Lipinski definition) is 0. The van der Waals surface area contributed by atoms with Gasteiger partial charge in [0.05, 0.1) is 11.0 Å². The molecule has 2 nitrogen and oxygen atoms in total. The minimum absolute atomic E-state index is 0.676. The molecule has 0 atom stereocenters. The van der Waals surface area contributed by atoms with Crippen LogP contribution in [0.2, 0.25) is 5.02 Å². The molecule has 3 aromatic rings. The van der Waals surface area contributed by atoms with Gasteiger partial charge in [-0.3, -0.25) is 0 Å². The summed E-state index contributed by atoms with van der Waals surface area (Å²) in [6.07, 6.45) is 0. The highest BCUT2D eigenvalue weighted by Gasteiger charge is 2.04. The summed E-state index contributed by atoms with van der Waals surface area (Å²) < 4.78 is 0.853. The van der Waals surface area contributed by atoms with Gasteiger partial charge in [0.1, 0.15) is 3.14 Å². The van der Waals surface area contributed by atoms with Crippen LogP contribution in [0.1, 0.15) is 0 Å². The van der Waals surface area contributed by atoms with Crippen molar-refractivity contribution >= 4 is 67.2 Å². The maximum absolute atomic E-state index is 5.89. The predicted octanol–water partition coefficient (Wildman–Crippen LogP) is 4.29. The van der Waals surface area contributed by atoms with Gasteiger partial charge >= 0.3 is 0 Å². The molecule has 0 radical (unpaired) electrons. The Kier molecular flexibility index (Phi) is 2.21. The van der Waals surface area contributed by atoms with Crippen molar-refractivity contribution in [3.63, 3.8) is 0 Å². The zero-order valence-electron chi connectivity index (χ0n) is 7.23. The standard InChI is InChI=1S/C9H3ClN2S3/c10-4-1-2-5-6(3-4)12-8-7(11-5)14-9(13)15-8/h1-3H. The van der Waals surface area contributed by atoms with Crippen molar-refractivity contribution in [2.24, 2.45) is 0 Å². The van der Waals surface area contributed by atoms with Gasteiger partial charge in [0.15, 0.2) is 9.66 Å². The molecule has 0 aliphatic carbocycles. The molecule has 0 spiro atoms. The Morgan fingerprint density at radius 3 is 2.47 bits per heavy atom. The van der Waals surface area contributed by atoms with E-state index in [0.29, 0.717) is 5.02 Å². The van der Waals surface area contributed by atoms with Crippen LogP contribution in [-0.2, 0) is 0 Å². The number of benzene rings is 1. The van der Waals surface area contributed by atoms with Crippen LogP contribution < -0.4 is 0 Å². The van der Waals surface area contributed by atoms with E-state index in [4.69, 9.17) is 23.8 Å². The zero-order chi connectivity index (χ0) is 10.4. The molecule has 2 aromatic heterocycles. The van der Waals surface area contributed by atoms with Crippen LogP contribution in [-0.4, -0.2) is 9.97 Å². The third-order valence-corrected chi connectivity index (χ3v) is 4.58. The van der Waals surface area contributed by atoms with E-state index >= 15 is 0 Å². The molecule has 74 valence electrons. The van der Waals surface area contributed by atoms with Gasteiger partial charge in [-0.2, -0.15) is 0 Å². The van der Waals surface area contributed by atoms with Crippen molar-refractivity contribution in [3.05, 3.63) is 26.4 Å².